The van der Waals surface area contributed by atoms with E-state index in [1.54, 1.807) is 0 Å². The third-order valence-corrected chi connectivity index (χ3v) is 2.54. The molecule has 0 aliphatic heterocycles. The molecule has 1 atom stereocenters. The summed E-state index contributed by atoms with van der Waals surface area (Å²) in [7, 11) is 2.59. The summed E-state index contributed by atoms with van der Waals surface area (Å²) in [6.07, 6.45) is 0. The number of carbonyl (C=O) groups is 1. The summed E-state index contributed by atoms with van der Waals surface area (Å²) in [5.74, 6) is 0.0694. The molecule has 0 amide bonds. The van der Waals surface area contributed by atoms with Crippen molar-refractivity contribution in [3.63, 3.8) is 0 Å². The molecular formula is C13H11OP. The van der Waals surface area contributed by atoms with Gasteiger partial charge in [-0.15, -0.1) is 9.24 Å². The highest BCUT2D eigenvalue weighted by atomic mass is 31.0. The minimum Gasteiger partial charge on any atom is -0.289 e. The van der Waals surface area contributed by atoms with Gasteiger partial charge in [-0.1, -0.05) is 48.5 Å². The zero-order valence-electron chi connectivity index (χ0n) is 8.18. The van der Waals surface area contributed by atoms with Gasteiger partial charge in [0.1, 0.15) is 0 Å². The Kier molecular flexibility index (Phi) is 2.94. The molecule has 15 heavy (non-hydrogen) atoms. The van der Waals surface area contributed by atoms with Gasteiger partial charge in [0.2, 0.25) is 0 Å². The Morgan fingerprint density at radius 1 is 0.867 bits per heavy atom. The van der Waals surface area contributed by atoms with Crippen LogP contribution in [0.2, 0.25) is 0 Å². The Hall–Kier alpha value is -1.46. The zero-order valence-corrected chi connectivity index (χ0v) is 9.34. The van der Waals surface area contributed by atoms with Crippen molar-refractivity contribution in [2.45, 2.75) is 0 Å². The predicted molar refractivity (Wildman–Crippen MR) is 65.7 cm³/mol. The lowest BCUT2D eigenvalue weighted by atomic mass is 10.0. The van der Waals surface area contributed by atoms with Gasteiger partial charge in [0, 0.05) is 11.1 Å². The van der Waals surface area contributed by atoms with E-state index < -0.39 is 0 Å². The van der Waals surface area contributed by atoms with Crippen LogP contribution in [0.15, 0.2) is 54.6 Å². The highest BCUT2D eigenvalue weighted by molar-refractivity contribution is 7.27. The van der Waals surface area contributed by atoms with Gasteiger partial charge in [0.25, 0.3) is 0 Å². The van der Waals surface area contributed by atoms with Crippen molar-refractivity contribution in [2.75, 3.05) is 0 Å². The second-order valence-corrected chi connectivity index (χ2v) is 3.99. The van der Waals surface area contributed by atoms with Crippen LogP contribution in [0.1, 0.15) is 15.9 Å². The molecular weight excluding hydrogens is 203 g/mol. The molecule has 0 bridgehead atoms. The summed E-state index contributed by atoms with van der Waals surface area (Å²) >= 11 is 0. The molecule has 0 saturated heterocycles. The first kappa shape index (κ1) is 10.1. The summed E-state index contributed by atoms with van der Waals surface area (Å²) in [6, 6.07) is 16.9. The Balaban J connectivity index is 2.37. The molecule has 0 aliphatic carbocycles. The molecule has 2 rings (SSSR count). The first-order valence-corrected chi connectivity index (χ1v) is 5.30. The molecule has 2 aromatic rings. The van der Waals surface area contributed by atoms with Gasteiger partial charge < -0.3 is 0 Å². The molecule has 1 unspecified atom stereocenters. The van der Waals surface area contributed by atoms with Gasteiger partial charge in [0.05, 0.1) is 0 Å². The molecule has 2 aromatic carbocycles. The maximum Gasteiger partial charge on any atom is 0.193 e. The van der Waals surface area contributed by atoms with Gasteiger partial charge in [-0.25, -0.2) is 0 Å². The van der Waals surface area contributed by atoms with Crippen molar-refractivity contribution in [1.82, 2.24) is 0 Å². The second kappa shape index (κ2) is 4.37. The summed E-state index contributed by atoms with van der Waals surface area (Å²) in [4.78, 5) is 12.0. The Labute approximate surface area is 91.3 Å². The number of benzene rings is 2. The van der Waals surface area contributed by atoms with Gasteiger partial charge >= 0.3 is 0 Å². The lowest BCUT2D eigenvalue weighted by Gasteiger charge is -2.01. The molecule has 0 spiro atoms. The number of hydrogen-bond acceptors (Lipinski definition) is 1. The Morgan fingerprint density at radius 2 is 1.53 bits per heavy atom. The summed E-state index contributed by atoms with van der Waals surface area (Å²) in [6.45, 7) is 0. The van der Waals surface area contributed by atoms with E-state index in [2.05, 4.69) is 9.24 Å². The van der Waals surface area contributed by atoms with Crippen LogP contribution < -0.4 is 5.30 Å². The van der Waals surface area contributed by atoms with Crippen LogP contribution in [-0.2, 0) is 0 Å². The van der Waals surface area contributed by atoms with E-state index in [1.807, 2.05) is 54.6 Å². The summed E-state index contributed by atoms with van der Waals surface area (Å²) in [5.41, 5.74) is 1.46. The number of carbonyl (C=O) groups excluding carboxylic acids is 1. The number of ketones is 1. The van der Waals surface area contributed by atoms with E-state index in [1.165, 1.54) is 0 Å². The van der Waals surface area contributed by atoms with E-state index in [4.69, 9.17) is 0 Å². The molecule has 0 saturated carbocycles. The van der Waals surface area contributed by atoms with Crippen LogP contribution in [0, 0.1) is 0 Å². The fourth-order valence-electron chi connectivity index (χ4n) is 1.44. The Morgan fingerprint density at radius 3 is 2.20 bits per heavy atom. The summed E-state index contributed by atoms with van der Waals surface area (Å²) in [5, 5.41) is 1.02. The minimum atomic E-state index is 0.0694. The first-order chi connectivity index (χ1) is 7.27. The molecule has 0 heterocycles. The van der Waals surface area contributed by atoms with Crippen molar-refractivity contribution >= 4 is 20.3 Å². The summed E-state index contributed by atoms with van der Waals surface area (Å²) < 4.78 is 0. The van der Waals surface area contributed by atoms with Crippen LogP contribution in [0.5, 0.6) is 0 Å². The lowest BCUT2D eigenvalue weighted by molar-refractivity contribution is 0.103. The average molecular weight is 214 g/mol. The van der Waals surface area contributed by atoms with Crippen LogP contribution in [0.4, 0.5) is 0 Å². The zero-order chi connectivity index (χ0) is 10.7. The van der Waals surface area contributed by atoms with Crippen molar-refractivity contribution < 1.29 is 4.79 Å². The predicted octanol–water partition coefficient (Wildman–Crippen LogP) is 2.42. The SMILES string of the molecule is O=C(c1ccccc1)c1cccc(P)c1. The van der Waals surface area contributed by atoms with E-state index in [0.29, 0.717) is 0 Å². The monoisotopic (exact) mass is 214 g/mol. The van der Waals surface area contributed by atoms with Crippen molar-refractivity contribution in [3.05, 3.63) is 65.7 Å². The molecule has 74 valence electrons. The van der Waals surface area contributed by atoms with Gasteiger partial charge in [0.15, 0.2) is 5.78 Å². The van der Waals surface area contributed by atoms with E-state index >= 15 is 0 Å². The highest BCUT2D eigenvalue weighted by Gasteiger charge is 2.07. The molecule has 0 aromatic heterocycles. The number of rotatable bonds is 2. The van der Waals surface area contributed by atoms with E-state index in [0.717, 1.165) is 16.4 Å². The average Bonchev–Trinajstić information content (AvgIpc) is 2.29. The molecule has 0 N–H and O–H groups in total. The maximum atomic E-state index is 12.0. The van der Waals surface area contributed by atoms with E-state index in [9.17, 15) is 4.79 Å². The van der Waals surface area contributed by atoms with Crippen LogP contribution in [-0.4, -0.2) is 5.78 Å². The third-order valence-electron chi connectivity index (χ3n) is 2.18. The maximum absolute atomic E-state index is 12.0. The molecule has 0 radical (unpaired) electrons. The van der Waals surface area contributed by atoms with Gasteiger partial charge in [-0.3, -0.25) is 4.79 Å². The fraction of sp³-hybridized carbons (Fsp3) is 0. The Bertz CT molecular complexity index is 477. The molecule has 1 nitrogen and oxygen atoms in total. The van der Waals surface area contributed by atoms with Crippen LogP contribution >= 0.6 is 9.24 Å². The minimum absolute atomic E-state index is 0.0694. The quantitative estimate of drug-likeness (QED) is 0.554. The molecule has 0 aliphatic rings. The van der Waals surface area contributed by atoms with Crippen LogP contribution in [0.25, 0.3) is 0 Å². The van der Waals surface area contributed by atoms with Crippen molar-refractivity contribution in [2.24, 2.45) is 0 Å². The second-order valence-electron chi connectivity index (χ2n) is 3.32. The van der Waals surface area contributed by atoms with Crippen LogP contribution in [0.3, 0.4) is 0 Å². The number of hydrogen-bond donors (Lipinski definition) is 0. The van der Waals surface area contributed by atoms with E-state index in [-0.39, 0.29) is 5.78 Å². The fourth-order valence-corrected chi connectivity index (χ4v) is 1.73. The largest absolute Gasteiger partial charge is 0.289 e. The van der Waals surface area contributed by atoms with Crippen molar-refractivity contribution in [1.29, 1.82) is 0 Å². The van der Waals surface area contributed by atoms with Gasteiger partial charge in [-0.2, -0.15) is 0 Å². The highest BCUT2D eigenvalue weighted by Crippen LogP contribution is 2.08. The molecule has 2 heteroatoms. The third kappa shape index (κ3) is 2.31. The topological polar surface area (TPSA) is 17.1 Å². The van der Waals surface area contributed by atoms with Gasteiger partial charge in [-0.05, 0) is 11.4 Å². The standard InChI is InChI=1S/C13H11OP/c14-13(10-5-2-1-3-6-10)11-7-4-8-12(15)9-11/h1-9H,15H2. The lowest BCUT2D eigenvalue weighted by Crippen LogP contribution is -2.03. The normalized spacial score (nSPS) is 9.93. The molecule has 0 fully saturated rings. The first-order valence-electron chi connectivity index (χ1n) is 4.72. The van der Waals surface area contributed by atoms with Crippen molar-refractivity contribution in [3.8, 4) is 0 Å². The smallest absolute Gasteiger partial charge is 0.193 e.